The van der Waals surface area contributed by atoms with Crippen LogP contribution in [-0.4, -0.2) is 36.8 Å². The molecule has 0 fully saturated rings. The molecule has 0 aliphatic carbocycles. The van der Waals surface area contributed by atoms with Gasteiger partial charge in [-0.05, 0) is 94.2 Å². The van der Waals surface area contributed by atoms with Crippen LogP contribution in [0.1, 0.15) is 134 Å². The summed E-state index contributed by atoms with van der Waals surface area (Å²) in [7, 11) is 5.31. The third kappa shape index (κ3) is 13.0. The fourth-order valence-corrected chi connectivity index (χ4v) is 8.09. The fraction of sp³-hybridized carbons (Fsp3) is 0.806. The zero-order valence-corrected chi connectivity index (χ0v) is 30.1. The van der Waals surface area contributed by atoms with Gasteiger partial charge < -0.3 is 14.2 Å². The molecule has 6 heteroatoms. The van der Waals surface area contributed by atoms with Gasteiger partial charge in [-0.3, -0.25) is 4.79 Å². The summed E-state index contributed by atoms with van der Waals surface area (Å²) in [4.78, 5) is 12.7. The summed E-state index contributed by atoms with van der Waals surface area (Å²) in [6.45, 7) is 18.9. The molecule has 1 aliphatic rings. The molecule has 1 aromatic rings. The smallest absolute Gasteiger partial charge is 0.311 e. The largest absolute Gasteiger partial charge is 0.487 e. The lowest BCUT2D eigenvalue weighted by Crippen LogP contribution is -2.37. The van der Waals surface area contributed by atoms with Gasteiger partial charge in [-0.2, -0.15) is 0 Å². The summed E-state index contributed by atoms with van der Waals surface area (Å²) in [5.41, 5.74) is 4.31. The van der Waals surface area contributed by atoms with E-state index in [0.29, 0.717) is 6.42 Å². The Labute approximate surface area is 267 Å². The third-order valence-electron chi connectivity index (χ3n) is 9.12. The molecule has 0 aromatic heterocycles. The molecule has 0 saturated heterocycles. The molecule has 0 spiro atoms. The number of hydrogen-bond donors (Lipinski definition) is 0. The van der Waals surface area contributed by atoms with E-state index in [4.69, 9.17) is 14.2 Å². The van der Waals surface area contributed by atoms with E-state index in [1.165, 1.54) is 56.9 Å². The van der Waals surface area contributed by atoms with Crippen LogP contribution in [0.3, 0.4) is 0 Å². The first-order valence-electron chi connectivity index (χ1n) is 16.7. The van der Waals surface area contributed by atoms with Crippen molar-refractivity contribution in [1.82, 2.24) is 0 Å². The molecule has 0 saturated carbocycles. The van der Waals surface area contributed by atoms with Gasteiger partial charge in [0.1, 0.15) is 17.1 Å². The number of rotatable bonds is 21. The van der Waals surface area contributed by atoms with Gasteiger partial charge in [-0.25, -0.2) is 0 Å². The van der Waals surface area contributed by atoms with Crippen molar-refractivity contribution in [2.75, 3.05) is 25.2 Å². The van der Waals surface area contributed by atoms with Crippen LogP contribution in [-0.2, 0) is 16.0 Å². The number of carbonyl (C=O) groups is 1. The lowest BCUT2D eigenvalue weighted by Gasteiger charge is -2.38. The van der Waals surface area contributed by atoms with Crippen molar-refractivity contribution in [1.29, 1.82) is 0 Å². The highest BCUT2D eigenvalue weighted by Gasteiger charge is 2.34. The van der Waals surface area contributed by atoms with E-state index in [9.17, 15) is 4.79 Å². The Bertz CT molecular complexity index is 947. The Morgan fingerprint density at radius 2 is 1.48 bits per heavy atom. The Morgan fingerprint density at radius 1 is 0.857 bits per heavy atom. The van der Waals surface area contributed by atoms with Gasteiger partial charge in [0.05, 0.1) is 6.61 Å². The minimum atomic E-state index is -0.140. The van der Waals surface area contributed by atoms with E-state index < -0.39 is 0 Å². The number of carbonyl (C=O) groups excluding carboxylic acids is 1. The molecule has 0 bridgehead atoms. The zero-order valence-electron chi connectivity index (χ0n) is 28.5. The van der Waals surface area contributed by atoms with Crippen LogP contribution in [0.15, 0.2) is 0 Å². The predicted molar refractivity (Wildman–Crippen MR) is 184 cm³/mol. The molecule has 242 valence electrons. The number of fused-ring (bicyclic) bond motifs is 1. The van der Waals surface area contributed by atoms with Crippen LogP contribution in [0.25, 0.3) is 0 Å². The van der Waals surface area contributed by atoms with Gasteiger partial charge in [-0.1, -0.05) is 94.2 Å². The second-order valence-corrected chi connectivity index (χ2v) is 16.3. The number of ether oxygens (including phenoxy) is 3. The van der Waals surface area contributed by atoms with Gasteiger partial charge in [0.15, 0.2) is 0 Å². The van der Waals surface area contributed by atoms with Crippen molar-refractivity contribution in [2.24, 2.45) is 17.8 Å². The normalized spacial score (nSPS) is 18.0. The first kappa shape index (κ1) is 37.3. The molecule has 3 atom stereocenters. The highest BCUT2D eigenvalue weighted by atomic mass is 33.1. The van der Waals surface area contributed by atoms with Crippen LogP contribution in [0, 0.1) is 38.5 Å². The highest BCUT2D eigenvalue weighted by molar-refractivity contribution is 8.76. The molecular weight excluding hydrogens is 561 g/mol. The van der Waals surface area contributed by atoms with Crippen LogP contribution < -0.4 is 9.47 Å². The average molecular weight is 623 g/mol. The second-order valence-electron chi connectivity index (χ2n) is 13.6. The van der Waals surface area contributed by atoms with E-state index in [1.54, 1.807) is 28.7 Å². The lowest BCUT2D eigenvalue weighted by molar-refractivity contribution is -0.134. The number of hydrogen-bond acceptors (Lipinski definition) is 6. The monoisotopic (exact) mass is 622 g/mol. The van der Waals surface area contributed by atoms with Crippen LogP contribution in [0.5, 0.6) is 11.5 Å². The number of methoxy groups -OCH3 is 1. The molecule has 4 nitrogen and oxygen atoms in total. The second kappa shape index (κ2) is 19.5. The predicted octanol–water partition coefficient (Wildman–Crippen LogP) is 10.8. The van der Waals surface area contributed by atoms with Crippen molar-refractivity contribution in [2.45, 2.75) is 144 Å². The van der Waals surface area contributed by atoms with E-state index in [2.05, 4.69) is 55.4 Å². The van der Waals surface area contributed by atoms with Crippen molar-refractivity contribution < 1.29 is 19.0 Å². The highest BCUT2D eigenvalue weighted by Crippen LogP contribution is 2.45. The summed E-state index contributed by atoms with van der Waals surface area (Å²) >= 11 is 0. The minimum absolute atomic E-state index is 0.127. The van der Waals surface area contributed by atoms with E-state index >= 15 is 0 Å². The van der Waals surface area contributed by atoms with Crippen LogP contribution >= 0.6 is 21.6 Å². The Hall–Kier alpha value is -0.850. The van der Waals surface area contributed by atoms with Gasteiger partial charge in [0.25, 0.3) is 0 Å². The molecule has 42 heavy (non-hydrogen) atoms. The molecule has 1 aliphatic heterocycles. The van der Waals surface area contributed by atoms with Crippen molar-refractivity contribution in [3.05, 3.63) is 22.3 Å². The molecule has 1 heterocycles. The van der Waals surface area contributed by atoms with Gasteiger partial charge >= 0.3 is 5.97 Å². The molecular formula is C36H62O4S2. The summed E-state index contributed by atoms with van der Waals surface area (Å²) in [6.07, 6.45) is 15.1. The first-order chi connectivity index (χ1) is 20.0. The topological polar surface area (TPSA) is 44.8 Å². The molecule has 0 N–H and O–H groups in total. The molecule has 2 rings (SSSR count). The summed E-state index contributed by atoms with van der Waals surface area (Å²) < 4.78 is 17.8. The maximum Gasteiger partial charge on any atom is 0.311 e. The lowest BCUT2D eigenvalue weighted by atomic mass is 9.83. The van der Waals surface area contributed by atoms with Gasteiger partial charge in [0.2, 0.25) is 0 Å². The van der Waals surface area contributed by atoms with Gasteiger partial charge in [-0.15, -0.1) is 0 Å². The number of esters is 1. The van der Waals surface area contributed by atoms with E-state index in [0.717, 1.165) is 89.7 Å². The molecule has 1 aromatic carbocycles. The zero-order chi connectivity index (χ0) is 31.1. The number of benzene rings is 1. The summed E-state index contributed by atoms with van der Waals surface area (Å²) in [5.74, 6) is 6.02. The minimum Gasteiger partial charge on any atom is -0.487 e. The van der Waals surface area contributed by atoms with Crippen molar-refractivity contribution in [3.8, 4) is 11.5 Å². The van der Waals surface area contributed by atoms with Crippen molar-refractivity contribution >= 4 is 27.6 Å². The summed E-state index contributed by atoms with van der Waals surface area (Å²) in [6, 6.07) is 0. The van der Waals surface area contributed by atoms with Crippen LogP contribution in [0.4, 0.5) is 0 Å². The SMILES string of the molecule is COCCSSCCCC(=O)Oc1c(C)c(C)c2c(c1C)CC[C@@](C)(CCC[C@H](C)CCC[C@H](C)CCCC(C)C)O2. The van der Waals surface area contributed by atoms with Crippen molar-refractivity contribution in [3.63, 3.8) is 0 Å². The quantitative estimate of drug-likeness (QED) is 0.0588. The molecule has 0 unspecified atom stereocenters. The maximum absolute atomic E-state index is 12.7. The Morgan fingerprint density at radius 3 is 2.12 bits per heavy atom. The van der Waals surface area contributed by atoms with E-state index in [1.807, 2.05) is 0 Å². The first-order valence-corrected chi connectivity index (χ1v) is 19.2. The molecule has 0 amide bonds. The fourth-order valence-electron chi connectivity index (χ4n) is 6.09. The maximum atomic E-state index is 12.7. The van der Waals surface area contributed by atoms with Gasteiger partial charge in [0, 0.05) is 30.6 Å². The Kier molecular flexibility index (Phi) is 17.4. The van der Waals surface area contributed by atoms with E-state index in [-0.39, 0.29) is 11.6 Å². The molecule has 0 radical (unpaired) electrons. The average Bonchev–Trinajstić information content (AvgIpc) is 2.93. The summed E-state index contributed by atoms with van der Waals surface area (Å²) in [5, 5.41) is 0. The van der Waals surface area contributed by atoms with Crippen LogP contribution in [0.2, 0.25) is 0 Å². The Balaban J connectivity index is 1.81. The third-order valence-corrected chi connectivity index (χ3v) is 11.6. The standard InChI is InChI=1S/C36H62O4S2/c1-26(2)14-10-15-27(3)16-11-17-28(4)18-12-21-36(8)22-20-32-31(7)34(29(5)30(6)35(32)40-36)39-33(37)19-13-24-41-42-25-23-38-9/h26-28H,10-25H2,1-9H3/t27-,28-,36-/m1/s1.